The van der Waals surface area contributed by atoms with E-state index in [0.717, 1.165) is 22.7 Å². The third-order valence-electron chi connectivity index (χ3n) is 3.94. The molecule has 0 fully saturated rings. The predicted octanol–water partition coefficient (Wildman–Crippen LogP) is 4.90. The second-order valence-corrected chi connectivity index (χ2v) is 6.96. The molecular weight excluding hydrogens is 288 g/mol. The Labute approximate surface area is 131 Å². The van der Waals surface area contributed by atoms with Crippen LogP contribution in [0.4, 0.5) is 0 Å². The molecule has 1 N–H and O–H groups in total. The van der Waals surface area contributed by atoms with Gasteiger partial charge in [-0.05, 0) is 30.5 Å². The van der Waals surface area contributed by atoms with Gasteiger partial charge in [0.2, 0.25) is 0 Å². The lowest BCUT2D eigenvalue weighted by Crippen LogP contribution is -2.24. The summed E-state index contributed by atoms with van der Waals surface area (Å²) in [5.74, 6) is 0.768. The third-order valence-corrected chi connectivity index (χ3v) is 5.48. The molecule has 0 aliphatic carbocycles. The first-order valence-corrected chi connectivity index (χ1v) is 8.62. The van der Waals surface area contributed by atoms with E-state index in [0.29, 0.717) is 5.25 Å². The summed E-state index contributed by atoms with van der Waals surface area (Å²) in [6, 6.07) is 8.25. The van der Waals surface area contributed by atoms with Crippen LogP contribution in [0.25, 0.3) is 0 Å². The number of rotatable bonds is 5. The molecule has 1 heterocycles. The van der Waals surface area contributed by atoms with Crippen LogP contribution in [0.2, 0.25) is 5.02 Å². The van der Waals surface area contributed by atoms with Gasteiger partial charge in [-0.15, -0.1) is 0 Å². The van der Waals surface area contributed by atoms with Gasteiger partial charge in [-0.3, -0.25) is 4.99 Å². The zero-order valence-corrected chi connectivity index (χ0v) is 14.0. The monoisotopic (exact) mass is 310 g/mol. The normalized spacial score (nSPS) is 20.1. The Morgan fingerprint density at radius 3 is 2.80 bits per heavy atom. The van der Waals surface area contributed by atoms with Crippen molar-refractivity contribution < 1.29 is 0 Å². The first-order chi connectivity index (χ1) is 9.63. The molecule has 2 unspecified atom stereocenters. The molecule has 110 valence electrons. The van der Waals surface area contributed by atoms with Gasteiger partial charge in [0, 0.05) is 10.3 Å². The van der Waals surface area contributed by atoms with E-state index in [1.807, 2.05) is 30.0 Å². The van der Waals surface area contributed by atoms with E-state index in [1.165, 1.54) is 18.4 Å². The van der Waals surface area contributed by atoms with Crippen molar-refractivity contribution in [1.29, 1.82) is 0 Å². The summed E-state index contributed by atoms with van der Waals surface area (Å²) < 4.78 is 0. The quantitative estimate of drug-likeness (QED) is 0.836. The van der Waals surface area contributed by atoms with Gasteiger partial charge in [0.25, 0.3) is 0 Å². The molecule has 1 aromatic rings. The number of hydrogen-bond acceptors (Lipinski definition) is 3. The summed E-state index contributed by atoms with van der Waals surface area (Å²) in [6.07, 6.45) is 2.47. The average Bonchev–Trinajstić information content (AvgIpc) is 2.88. The van der Waals surface area contributed by atoms with Crippen LogP contribution in [0.15, 0.2) is 29.3 Å². The average molecular weight is 311 g/mol. The molecule has 0 saturated carbocycles. The fraction of sp³-hybridized carbons (Fsp3) is 0.562. The molecule has 0 amide bonds. The zero-order valence-electron chi connectivity index (χ0n) is 12.4. The molecule has 0 aromatic heterocycles. The minimum Gasteiger partial charge on any atom is -0.358 e. The lowest BCUT2D eigenvalue weighted by atomic mass is 9.99. The summed E-state index contributed by atoms with van der Waals surface area (Å²) in [7, 11) is 0. The fourth-order valence-electron chi connectivity index (χ4n) is 2.57. The Hall–Kier alpha value is -0.670. The Morgan fingerprint density at radius 2 is 2.15 bits per heavy atom. The van der Waals surface area contributed by atoms with Crippen molar-refractivity contribution >= 4 is 28.5 Å². The van der Waals surface area contributed by atoms with Gasteiger partial charge >= 0.3 is 0 Å². The van der Waals surface area contributed by atoms with Gasteiger partial charge in [0.05, 0.1) is 12.6 Å². The maximum absolute atomic E-state index is 6.04. The van der Waals surface area contributed by atoms with Crippen LogP contribution in [0, 0.1) is 5.92 Å². The molecule has 2 atom stereocenters. The van der Waals surface area contributed by atoms with Crippen LogP contribution < -0.4 is 5.32 Å². The van der Waals surface area contributed by atoms with Crippen LogP contribution in [0.5, 0.6) is 0 Å². The minimum absolute atomic E-state index is 0.236. The highest BCUT2D eigenvalue weighted by atomic mass is 35.5. The summed E-state index contributed by atoms with van der Waals surface area (Å²) in [5.41, 5.74) is 1.20. The molecule has 0 radical (unpaired) electrons. The molecule has 4 heteroatoms. The Balaban J connectivity index is 1.92. The highest BCUT2D eigenvalue weighted by Gasteiger charge is 2.26. The summed E-state index contributed by atoms with van der Waals surface area (Å²) >= 11 is 7.95. The predicted molar refractivity (Wildman–Crippen MR) is 90.8 cm³/mol. The van der Waals surface area contributed by atoms with E-state index in [4.69, 9.17) is 11.6 Å². The van der Waals surface area contributed by atoms with Crippen molar-refractivity contribution in [2.45, 2.75) is 44.9 Å². The van der Waals surface area contributed by atoms with Gasteiger partial charge in [-0.25, -0.2) is 0 Å². The van der Waals surface area contributed by atoms with Crippen LogP contribution in [0.3, 0.4) is 0 Å². The van der Waals surface area contributed by atoms with Crippen LogP contribution in [-0.4, -0.2) is 17.0 Å². The van der Waals surface area contributed by atoms with Crippen LogP contribution in [-0.2, 0) is 0 Å². The second-order valence-electron chi connectivity index (χ2n) is 5.30. The highest BCUT2D eigenvalue weighted by Crippen LogP contribution is 2.31. The van der Waals surface area contributed by atoms with E-state index < -0.39 is 0 Å². The van der Waals surface area contributed by atoms with E-state index in [9.17, 15) is 0 Å². The Bertz CT molecular complexity index is 471. The fourth-order valence-corrected chi connectivity index (χ4v) is 4.18. The van der Waals surface area contributed by atoms with Gasteiger partial charge in [0.15, 0.2) is 5.17 Å². The topological polar surface area (TPSA) is 24.4 Å². The number of halogens is 1. The maximum atomic E-state index is 6.04. The van der Waals surface area contributed by atoms with E-state index in [2.05, 4.69) is 37.1 Å². The molecule has 0 spiro atoms. The minimum atomic E-state index is 0.236. The maximum Gasteiger partial charge on any atom is 0.157 e. The van der Waals surface area contributed by atoms with E-state index >= 15 is 0 Å². The largest absolute Gasteiger partial charge is 0.358 e. The highest BCUT2D eigenvalue weighted by molar-refractivity contribution is 8.14. The molecular formula is C16H23ClN2S. The molecule has 1 aromatic carbocycles. The van der Waals surface area contributed by atoms with Gasteiger partial charge in [-0.1, -0.05) is 62.2 Å². The number of aliphatic imine (C=N–C) groups is 1. The lowest BCUT2D eigenvalue weighted by Gasteiger charge is -2.20. The van der Waals surface area contributed by atoms with Gasteiger partial charge < -0.3 is 5.32 Å². The lowest BCUT2D eigenvalue weighted by molar-refractivity contribution is 0.479. The van der Waals surface area contributed by atoms with Crippen molar-refractivity contribution in [2.24, 2.45) is 10.9 Å². The molecule has 2 rings (SSSR count). The third kappa shape index (κ3) is 3.92. The van der Waals surface area contributed by atoms with E-state index in [1.54, 1.807) is 0 Å². The van der Waals surface area contributed by atoms with E-state index in [-0.39, 0.29) is 6.04 Å². The number of benzene rings is 1. The first-order valence-electron chi connectivity index (χ1n) is 7.37. The number of amidine groups is 1. The summed E-state index contributed by atoms with van der Waals surface area (Å²) in [5, 5.41) is 6.01. The number of thioether (sulfide) groups is 1. The van der Waals surface area contributed by atoms with Crippen LogP contribution >= 0.6 is 23.4 Å². The second kappa shape index (κ2) is 7.37. The molecule has 1 aliphatic rings. The molecule has 20 heavy (non-hydrogen) atoms. The van der Waals surface area contributed by atoms with Crippen molar-refractivity contribution in [1.82, 2.24) is 5.32 Å². The SMILES string of the molecule is CCC(CC)C1CN=C(NC(C)c2cccc(Cl)c2)S1. The van der Waals surface area contributed by atoms with Crippen molar-refractivity contribution in [2.75, 3.05) is 6.54 Å². The van der Waals surface area contributed by atoms with Crippen molar-refractivity contribution in [3.8, 4) is 0 Å². The summed E-state index contributed by atoms with van der Waals surface area (Å²) in [6.45, 7) is 7.64. The molecule has 1 aliphatic heterocycles. The van der Waals surface area contributed by atoms with Crippen LogP contribution in [0.1, 0.15) is 45.2 Å². The van der Waals surface area contributed by atoms with Crippen molar-refractivity contribution in [3.63, 3.8) is 0 Å². The Morgan fingerprint density at radius 1 is 1.40 bits per heavy atom. The molecule has 0 saturated heterocycles. The van der Waals surface area contributed by atoms with Crippen molar-refractivity contribution in [3.05, 3.63) is 34.9 Å². The smallest absolute Gasteiger partial charge is 0.157 e. The number of nitrogens with zero attached hydrogens (tertiary/aromatic N) is 1. The number of hydrogen-bond donors (Lipinski definition) is 1. The molecule has 2 nitrogen and oxygen atoms in total. The number of nitrogens with one attached hydrogen (secondary N) is 1. The summed E-state index contributed by atoms with van der Waals surface area (Å²) in [4.78, 5) is 4.66. The standard InChI is InChI=1S/C16H23ClN2S/c1-4-12(5-2)15-10-18-16(20-15)19-11(3)13-7-6-8-14(17)9-13/h6-9,11-12,15H,4-5,10H2,1-3H3,(H,18,19). The zero-order chi connectivity index (χ0) is 14.5. The Kier molecular flexibility index (Phi) is 5.79. The van der Waals surface area contributed by atoms with Gasteiger partial charge in [-0.2, -0.15) is 0 Å². The van der Waals surface area contributed by atoms with Gasteiger partial charge in [0.1, 0.15) is 0 Å². The first kappa shape index (κ1) is 15.7. The molecule has 0 bridgehead atoms.